The Morgan fingerprint density at radius 1 is 1.20 bits per heavy atom. The van der Waals surface area contributed by atoms with E-state index in [-0.39, 0.29) is 5.76 Å². The molecular formula is C19H18N2O4. The third kappa shape index (κ3) is 3.80. The summed E-state index contributed by atoms with van der Waals surface area (Å²) in [5.41, 5.74) is 3.89. The Morgan fingerprint density at radius 2 is 2.04 bits per heavy atom. The summed E-state index contributed by atoms with van der Waals surface area (Å²) in [4.78, 5) is 12.1. The van der Waals surface area contributed by atoms with E-state index in [1.54, 1.807) is 25.3 Å². The summed E-state index contributed by atoms with van der Waals surface area (Å²) >= 11 is 0. The van der Waals surface area contributed by atoms with Crippen LogP contribution in [0.15, 0.2) is 58.0 Å². The molecule has 0 atom stereocenters. The maximum absolute atomic E-state index is 12.1. The van der Waals surface area contributed by atoms with Crippen LogP contribution in [0.5, 0.6) is 11.5 Å². The molecule has 0 aliphatic carbocycles. The van der Waals surface area contributed by atoms with E-state index >= 15 is 0 Å². The lowest BCUT2D eigenvalue weighted by molar-refractivity contribution is 0.0929. The van der Waals surface area contributed by atoms with Crippen molar-refractivity contribution in [3.63, 3.8) is 0 Å². The Labute approximate surface area is 145 Å². The first-order valence-corrected chi connectivity index (χ1v) is 7.84. The summed E-state index contributed by atoms with van der Waals surface area (Å²) < 4.78 is 16.2. The molecule has 0 saturated heterocycles. The Hall–Kier alpha value is -3.28. The quantitative estimate of drug-likeness (QED) is 0.550. The van der Waals surface area contributed by atoms with E-state index in [0.717, 1.165) is 10.9 Å². The number of hydrogen-bond donors (Lipinski definition) is 1. The fourth-order valence-corrected chi connectivity index (χ4v) is 2.36. The number of ether oxygens (including phenoxy) is 2. The molecule has 0 fully saturated rings. The Morgan fingerprint density at radius 3 is 2.80 bits per heavy atom. The van der Waals surface area contributed by atoms with Gasteiger partial charge in [0.15, 0.2) is 17.3 Å². The van der Waals surface area contributed by atoms with Gasteiger partial charge in [-0.3, -0.25) is 4.79 Å². The molecule has 0 aliphatic rings. The van der Waals surface area contributed by atoms with Crippen LogP contribution in [0.4, 0.5) is 0 Å². The zero-order chi connectivity index (χ0) is 17.6. The highest BCUT2D eigenvalue weighted by Crippen LogP contribution is 2.27. The predicted molar refractivity (Wildman–Crippen MR) is 95.4 cm³/mol. The van der Waals surface area contributed by atoms with Gasteiger partial charge in [0.2, 0.25) is 0 Å². The third-order valence-corrected chi connectivity index (χ3v) is 3.52. The van der Waals surface area contributed by atoms with E-state index in [1.165, 1.54) is 6.21 Å². The van der Waals surface area contributed by atoms with Crippen molar-refractivity contribution < 1.29 is 18.7 Å². The molecular weight excluding hydrogens is 320 g/mol. The van der Waals surface area contributed by atoms with Crippen LogP contribution in [0.3, 0.4) is 0 Å². The van der Waals surface area contributed by atoms with Crippen LogP contribution >= 0.6 is 0 Å². The maximum Gasteiger partial charge on any atom is 0.307 e. The van der Waals surface area contributed by atoms with Gasteiger partial charge >= 0.3 is 5.91 Å². The van der Waals surface area contributed by atoms with Gasteiger partial charge in [-0.1, -0.05) is 18.2 Å². The molecule has 0 spiro atoms. The fourth-order valence-electron chi connectivity index (χ4n) is 2.36. The Bertz CT molecular complexity index is 882. The van der Waals surface area contributed by atoms with Gasteiger partial charge in [0.1, 0.15) is 5.58 Å². The third-order valence-electron chi connectivity index (χ3n) is 3.52. The number of hydrazone groups is 1. The molecule has 0 unspecified atom stereocenters. The van der Waals surface area contributed by atoms with E-state index in [1.807, 2.05) is 37.3 Å². The van der Waals surface area contributed by atoms with Crippen molar-refractivity contribution in [2.24, 2.45) is 5.10 Å². The van der Waals surface area contributed by atoms with Crippen molar-refractivity contribution in [2.75, 3.05) is 13.7 Å². The molecule has 2 aromatic carbocycles. The average molecular weight is 338 g/mol. The second kappa shape index (κ2) is 7.53. The van der Waals surface area contributed by atoms with Gasteiger partial charge in [-0.15, -0.1) is 0 Å². The molecule has 1 amide bonds. The van der Waals surface area contributed by atoms with Gasteiger partial charge < -0.3 is 13.9 Å². The largest absolute Gasteiger partial charge is 0.493 e. The number of hydrogen-bond acceptors (Lipinski definition) is 5. The van der Waals surface area contributed by atoms with E-state index < -0.39 is 5.91 Å². The highest BCUT2D eigenvalue weighted by atomic mass is 16.5. The van der Waals surface area contributed by atoms with E-state index in [9.17, 15) is 4.79 Å². The zero-order valence-electron chi connectivity index (χ0n) is 14.0. The van der Waals surface area contributed by atoms with Gasteiger partial charge in [0.05, 0.1) is 19.9 Å². The summed E-state index contributed by atoms with van der Waals surface area (Å²) in [7, 11) is 1.58. The predicted octanol–water partition coefficient (Wildman–Crippen LogP) is 3.60. The Balaban J connectivity index is 1.70. The highest BCUT2D eigenvalue weighted by Gasteiger charge is 2.11. The highest BCUT2D eigenvalue weighted by molar-refractivity contribution is 5.96. The standard InChI is InChI=1S/C19H18N2O4/c1-3-24-17-10-13(8-9-16(17)23-2)12-20-21-19(22)18-11-14-6-4-5-7-15(14)25-18/h4-12H,3H2,1-2H3,(H,21,22)/b20-12+. The van der Waals surface area contributed by atoms with Crippen molar-refractivity contribution in [3.05, 3.63) is 59.9 Å². The maximum atomic E-state index is 12.1. The summed E-state index contributed by atoms with van der Waals surface area (Å²) in [6.45, 7) is 2.42. The van der Waals surface area contributed by atoms with E-state index in [0.29, 0.717) is 23.7 Å². The molecule has 3 rings (SSSR count). The minimum Gasteiger partial charge on any atom is -0.493 e. The molecule has 128 valence electrons. The number of rotatable bonds is 6. The summed E-state index contributed by atoms with van der Waals surface area (Å²) in [5, 5.41) is 4.83. The molecule has 6 heteroatoms. The minimum absolute atomic E-state index is 0.211. The van der Waals surface area contributed by atoms with Crippen molar-refractivity contribution in [1.29, 1.82) is 0 Å². The molecule has 6 nitrogen and oxygen atoms in total. The van der Waals surface area contributed by atoms with Gasteiger partial charge in [-0.2, -0.15) is 5.10 Å². The van der Waals surface area contributed by atoms with Crippen molar-refractivity contribution in [1.82, 2.24) is 5.43 Å². The van der Waals surface area contributed by atoms with Crippen molar-refractivity contribution in [2.45, 2.75) is 6.92 Å². The molecule has 0 radical (unpaired) electrons. The number of carbonyl (C=O) groups excluding carboxylic acids is 1. The van der Waals surface area contributed by atoms with Crippen LogP contribution in [-0.4, -0.2) is 25.8 Å². The smallest absolute Gasteiger partial charge is 0.307 e. The summed E-state index contributed by atoms with van der Waals surface area (Å²) in [6.07, 6.45) is 1.53. The summed E-state index contributed by atoms with van der Waals surface area (Å²) in [6, 6.07) is 14.5. The molecule has 0 saturated carbocycles. The molecule has 1 N–H and O–H groups in total. The fraction of sp³-hybridized carbons (Fsp3) is 0.158. The lowest BCUT2D eigenvalue weighted by Crippen LogP contribution is -2.16. The number of methoxy groups -OCH3 is 1. The Kier molecular flexibility index (Phi) is 4.99. The zero-order valence-corrected chi connectivity index (χ0v) is 14.0. The number of nitrogens with zero attached hydrogens (tertiary/aromatic N) is 1. The normalized spacial score (nSPS) is 11.0. The first-order valence-electron chi connectivity index (χ1n) is 7.84. The van der Waals surface area contributed by atoms with Gasteiger partial charge in [-0.05, 0) is 42.8 Å². The molecule has 1 aromatic heterocycles. The second-order valence-corrected chi connectivity index (χ2v) is 5.19. The van der Waals surface area contributed by atoms with Gasteiger partial charge in [0.25, 0.3) is 0 Å². The molecule has 0 aliphatic heterocycles. The number of amides is 1. The van der Waals surface area contributed by atoms with Crippen LogP contribution in [0, 0.1) is 0 Å². The molecule has 0 bridgehead atoms. The van der Waals surface area contributed by atoms with E-state index in [2.05, 4.69) is 10.5 Å². The monoisotopic (exact) mass is 338 g/mol. The number of benzene rings is 2. The van der Waals surface area contributed by atoms with Crippen LogP contribution in [0.2, 0.25) is 0 Å². The first-order chi connectivity index (χ1) is 12.2. The first kappa shape index (κ1) is 16.6. The average Bonchev–Trinajstić information content (AvgIpc) is 3.06. The summed E-state index contributed by atoms with van der Waals surface area (Å²) in [5.74, 6) is 1.07. The lowest BCUT2D eigenvalue weighted by atomic mass is 10.2. The molecule has 3 aromatic rings. The molecule has 25 heavy (non-hydrogen) atoms. The number of furan rings is 1. The second-order valence-electron chi connectivity index (χ2n) is 5.19. The lowest BCUT2D eigenvalue weighted by Gasteiger charge is -2.09. The number of fused-ring (bicyclic) bond motifs is 1. The van der Waals surface area contributed by atoms with Crippen molar-refractivity contribution >= 4 is 23.1 Å². The van der Waals surface area contributed by atoms with Gasteiger partial charge in [0, 0.05) is 5.39 Å². The van der Waals surface area contributed by atoms with Crippen LogP contribution < -0.4 is 14.9 Å². The van der Waals surface area contributed by atoms with Crippen LogP contribution in [0.25, 0.3) is 11.0 Å². The van der Waals surface area contributed by atoms with Gasteiger partial charge in [-0.25, -0.2) is 5.43 Å². The van der Waals surface area contributed by atoms with Crippen molar-refractivity contribution in [3.8, 4) is 11.5 Å². The number of carbonyl (C=O) groups is 1. The topological polar surface area (TPSA) is 73.1 Å². The number of nitrogens with one attached hydrogen (secondary N) is 1. The van der Waals surface area contributed by atoms with Crippen LogP contribution in [0.1, 0.15) is 23.0 Å². The number of para-hydroxylation sites is 1. The minimum atomic E-state index is -0.411. The van der Waals surface area contributed by atoms with Crippen LogP contribution in [-0.2, 0) is 0 Å². The molecule has 1 heterocycles. The van der Waals surface area contributed by atoms with E-state index in [4.69, 9.17) is 13.9 Å². The SMILES string of the molecule is CCOc1cc(/C=N/NC(=O)c2cc3ccccc3o2)ccc1OC.